The van der Waals surface area contributed by atoms with E-state index in [-0.39, 0.29) is 5.91 Å². The molecule has 0 atom stereocenters. The third-order valence-electron chi connectivity index (χ3n) is 2.71. The monoisotopic (exact) mass is 255 g/mol. The average molecular weight is 255 g/mol. The third kappa shape index (κ3) is 5.25. The maximum absolute atomic E-state index is 12.9. The summed E-state index contributed by atoms with van der Waals surface area (Å²) in [5.74, 6) is -2.01. The first-order valence-corrected chi connectivity index (χ1v) is 6.38. The summed E-state index contributed by atoms with van der Waals surface area (Å²) in [7, 11) is 0. The summed E-state index contributed by atoms with van der Waals surface area (Å²) in [6.45, 7) is 2.13. The molecule has 0 aliphatic carbocycles. The van der Waals surface area contributed by atoms with Crippen LogP contribution in [0.4, 0.5) is 14.5 Å². The van der Waals surface area contributed by atoms with Crippen molar-refractivity contribution in [3.05, 3.63) is 29.8 Å². The van der Waals surface area contributed by atoms with E-state index in [0.717, 1.165) is 31.4 Å². The van der Waals surface area contributed by atoms with E-state index in [1.54, 1.807) is 0 Å². The van der Waals surface area contributed by atoms with Gasteiger partial charge < -0.3 is 5.32 Å². The minimum Gasteiger partial charge on any atom is -0.326 e. The number of rotatable bonds is 7. The molecule has 1 aromatic rings. The zero-order valence-electron chi connectivity index (χ0n) is 10.6. The van der Waals surface area contributed by atoms with Gasteiger partial charge in [0.15, 0.2) is 11.6 Å². The lowest BCUT2D eigenvalue weighted by molar-refractivity contribution is -0.116. The topological polar surface area (TPSA) is 29.1 Å². The van der Waals surface area contributed by atoms with E-state index in [1.165, 1.54) is 18.9 Å². The maximum atomic E-state index is 12.9. The van der Waals surface area contributed by atoms with E-state index in [1.807, 2.05) is 0 Å². The molecule has 100 valence electrons. The lowest BCUT2D eigenvalue weighted by Gasteiger charge is -2.05. The van der Waals surface area contributed by atoms with Gasteiger partial charge in [0, 0.05) is 18.2 Å². The van der Waals surface area contributed by atoms with E-state index in [2.05, 4.69) is 12.2 Å². The van der Waals surface area contributed by atoms with E-state index in [0.29, 0.717) is 12.1 Å². The molecular weight excluding hydrogens is 236 g/mol. The second-order valence-corrected chi connectivity index (χ2v) is 4.34. The van der Waals surface area contributed by atoms with Crippen molar-refractivity contribution >= 4 is 11.6 Å². The van der Waals surface area contributed by atoms with Gasteiger partial charge in [-0.05, 0) is 18.6 Å². The zero-order chi connectivity index (χ0) is 13.4. The van der Waals surface area contributed by atoms with Gasteiger partial charge in [0.25, 0.3) is 0 Å². The van der Waals surface area contributed by atoms with Crippen LogP contribution in [0.5, 0.6) is 0 Å². The fourth-order valence-corrected chi connectivity index (χ4v) is 1.69. The average Bonchev–Trinajstić information content (AvgIpc) is 2.34. The van der Waals surface area contributed by atoms with Gasteiger partial charge in [0.2, 0.25) is 5.91 Å². The number of amides is 1. The van der Waals surface area contributed by atoms with Gasteiger partial charge in [0.05, 0.1) is 0 Å². The van der Waals surface area contributed by atoms with Crippen molar-refractivity contribution in [2.75, 3.05) is 5.32 Å². The number of anilines is 1. The summed E-state index contributed by atoms with van der Waals surface area (Å²) in [6, 6.07) is 3.35. The SMILES string of the molecule is CCCCCCCC(=O)Nc1ccc(F)c(F)c1. The molecule has 4 heteroatoms. The highest BCUT2D eigenvalue weighted by Gasteiger charge is 2.05. The molecule has 0 heterocycles. The molecule has 1 amide bonds. The molecule has 0 radical (unpaired) electrons. The van der Waals surface area contributed by atoms with Crippen molar-refractivity contribution in [3.63, 3.8) is 0 Å². The van der Waals surface area contributed by atoms with Crippen LogP contribution < -0.4 is 5.32 Å². The highest BCUT2D eigenvalue weighted by Crippen LogP contribution is 2.14. The van der Waals surface area contributed by atoms with Crippen LogP contribution in [0.1, 0.15) is 45.4 Å². The predicted molar refractivity (Wildman–Crippen MR) is 68.4 cm³/mol. The van der Waals surface area contributed by atoms with Gasteiger partial charge in [-0.15, -0.1) is 0 Å². The number of hydrogen-bond acceptors (Lipinski definition) is 1. The molecule has 0 saturated heterocycles. The maximum Gasteiger partial charge on any atom is 0.224 e. The molecule has 18 heavy (non-hydrogen) atoms. The summed E-state index contributed by atoms with van der Waals surface area (Å²) < 4.78 is 25.6. The Kier molecular flexibility index (Phi) is 6.33. The first-order valence-electron chi connectivity index (χ1n) is 6.38. The normalized spacial score (nSPS) is 10.4. The fourth-order valence-electron chi connectivity index (χ4n) is 1.69. The van der Waals surface area contributed by atoms with Crippen molar-refractivity contribution < 1.29 is 13.6 Å². The Morgan fingerprint density at radius 2 is 1.83 bits per heavy atom. The summed E-state index contributed by atoms with van der Waals surface area (Å²) in [5, 5.41) is 2.56. The quantitative estimate of drug-likeness (QED) is 0.724. The zero-order valence-corrected chi connectivity index (χ0v) is 10.6. The third-order valence-corrected chi connectivity index (χ3v) is 2.71. The molecule has 2 nitrogen and oxygen atoms in total. The van der Waals surface area contributed by atoms with Crippen LogP contribution in [0.15, 0.2) is 18.2 Å². The van der Waals surface area contributed by atoms with E-state index < -0.39 is 11.6 Å². The Morgan fingerprint density at radius 3 is 2.50 bits per heavy atom. The van der Waals surface area contributed by atoms with E-state index >= 15 is 0 Å². The fraction of sp³-hybridized carbons (Fsp3) is 0.500. The number of hydrogen-bond donors (Lipinski definition) is 1. The molecule has 0 fully saturated rings. The van der Waals surface area contributed by atoms with Gasteiger partial charge in [0.1, 0.15) is 0 Å². The van der Waals surface area contributed by atoms with Crippen molar-refractivity contribution in [3.8, 4) is 0 Å². The number of unbranched alkanes of at least 4 members (excludes halogenated alkanes) is 4. The Hall–Kier alpha value is -1.45. The molecule has 1 rings (SSSR count). The first-order chi connectivity index (χ1) is 8.63. The van der Waals surface area contributed by atoms with Crippen molar-refractivity contribution in [2.24, 2.45) is 0 Å². The minimum atomic E-state index is -0.948. The standard InChI is InChI=1S/C14H19F2NO/c1-2-3-4-5-6-7-14(18)17-11-8-9-12(15)13(16)10-11/h8-10H,2-7H2,1H3,(H,17,18). The van der Waals surface area contributed by atoms with E-state index in [9.17, 15) is 13.6 Å². The molecule has 0 bridgehead atoms. The predicted octanol–water partition coefficient (Wildman–Crippen LogP) is 4.26. The number of carbonyl (C=O) groups excluding carboxylic acids is 1. The summed E-state index contributed by atoms with van der Waals surface area (Å²) in [5.41, 5.74) is 0.299. The van der Waals surface area contributed by atoms with Crippen LogP contribution >= 0.6 is 0 Å². The van der Waals surface area contributed by atoms with Crippen molar-refractivity contribution in [2.45, 2.75) is 45.4 Å². The van der Waals surface area contributed by atoms with Crippen LogP contribution in [0.2, 0.25) is 0 Å². The summed E-state index contributed by atoms with van der Waals surface area (Å²) >= 11 is 0. The highest BCUT2D eigenvalue weighted by atomic mass is 19.2. The first kappa shape index (κ1) is 14.6. The van der Waals surface area contributed by atoms with Crippen molar-refractivity contribution in [1.29, 1.82) is 0 Å². The Balaban J connectivity index is 2.29. The molecule has 0 aliphatic rings. The number of carbonyl (C=O) groups is 1. The lowest BCUT2D eigenvalue weighted by Crippen LogP contribution is -2.11. The van der Waals surface area contributed by atoms with Crippen LogP contribution in [0, 0.1) is 11.6 Å². The largest absolute Gasteiger partial charge is 0.326 e. The number of nitrogens with one attached hydrogen (secondary N) is 1. The summed E-state index contributed by atoms with van der Waals surface area (Å²) in [6.07, 6.45) is 5.76. The van der Waals surface area contributed by atoms with Gasteiger partial charge in [-0.25, -0.2) is 8.78 Å². The van der Waals surface area contributed by atoms with Gasteiger partial charge in [-0.2, -0.15) is 0 Å². The molecule has 1 N–H and O–H groups in total. The Labute approximate surface area is 106 Å². The van der Waals surface area contributed by atoms with Crippen LogP contribution in [-0.4, -0.2) is 5.91 Å². The molecule has 1 aromatic carbocycles. The lowest BCUT2D eigenvalue weighted by atomic mass is 10.1. The van der Waals surface area contributed by atoms with Crippen LogP contribution in [0.3, 0.4) is 0 Å². The smallest absolute Gasteiger partial charge is 0.224 e. The molecule has 0 saturated carbocycles. The Morgan fingerprint density at radius 1 is 1.11 bits per heavy atom. The second-order valence-electron chi connectivity index (χ2n) is 4.34. The number of benzene rings is 1. The molecular formula is C14H19F2NO. The van der Waals surface area contributed by atoms with Gasteiger partial charge in [-0.3, -0.25) is 4.79 Å². The Bertz CT molecular complexity index is 393. The van der Waals surface area contributed by atoms with Crippen LogP contribution in [0.25, 0.3) is 0 Å². The molecule has 0 spiro atoms. The molecule has 0 unspecified atom stereocenters. The number of halogens is 2. The van der Waals surface area contributed by atoms with E-state index in [4.69, 9.17) is 0 Å². The van der Waals surface area contributed by atoms with Gasteiger partial charge >= 0.3 is 0 Å². The van der Waals surface area contributed by atoms with Crippen molar-refractivity contribution in [1.82, 2.24) is 0 Å². The molecule has 0 aliphatic heterocycles. The summed E-state index contributed by atoms with van der Waals surface area (Å²) in [4.78, 5) is 11.5. The highest BCUT2D eigenvalue weighted by molar-refractivity contribution is 5.90. The minimum absolute atomic E-state index is 0.155. The second kappa shape index (κ2) is 7.80. The van der Waals surface area contributed by atoms with Crippen LogP contribution in [-0.2, 0) is 4.79 Å². The molecule has 0 aromatic heterocycles. The van der Waals surface area contributed by atoms with Gasteiger partial charge in [-0.1, -0.05) is 32.6 Å².